The van der Waals surface area contributed by atoms with Crippen molar-refractivity contribution in [3.8, 4) is 11.4 Å². The Morgan fingerprint density at radius 2 is 1.59 bits per heavy atom. The summed E-state index contributed by atoms with van der Waals surface area (Å²) >= 11 is 1.26. The summed E-state index contributed by atoms with van der Waals surface area (Å²) in [5.41, 5.74) is 9.60. The Morgan fingerprint density at radius 3 is 2.24 bits per heavy atom. The van der Waals surface area contributed by atoms with E-state index in [0.29, 0.717) is 24.0 Å². The van der Waals surface area contributed by atoms with Crippen LogP contribution in [0.5, 0.6) is 5.75 Å². The van der Waals surface area contributed by atoms with Crippen LogP contribution in [-0.2, 0) is 22.6 Å². The first-order valence-electron chi connectivity index (χ1n) is 10.9. The van der Waals surface area contributed by atoms with Gasteiger partial charge in [0.05, 0.1) is 18.9 Å². The van der Waals surface area contributed by atoms with E-state index in [0.717, 1.165) is 22.6 Å². The van der Waals surface area contributed by atoms with Crippen molar-refractivity contribution >= 4 is 17.7 Å². The van der Waals surface area contributed by atoms with Crippen LogP contribution >= 0.6 is 11.8 Å². The van der Waals surface area contributed by atoms with Crippen LogP contribution in [0.1, 0.15) is 23.0 Å². The third kappa shape index (κ3) is 6.03. The van der Waals surface area contributed by atoms with Gasteiger partial charge in [-0.25, -0.2) is 0 Å². The zero-order valence-electron chi connectivity index (χ0n) is 18.8. The number of carbonyl (C=O) groups excluding carboxylic acids is 1. The zero-order valence-corrected chi connectivity index (χ0v) is 19.7. The van der Waals surface area contributed by atoms with E-state index in [-0.39, 0.29) is 17.8 Å². The highest BCUT2D eigenvalue weighted by atomic mass is 32.2. The van der Waals surface area contributed by atoms with Gasteiger partial charge in [-0.3, -0.25) is 9.36 Å². The first-order valence-corrected chi connectivity index (χ1v) is 11.8. The van der Waals surface area contributed by atoms with Crippen molar-refractivity contribution in [3.05, 3.63) is 102 Å². The van der Waals surface area contributed by atoms with Gasteiger partial charge in [-0.15, -0.1) is 10.2 Å². The molecule has 0 unspecified atom stereocenters. The monoisotopic (exact) mass is 474 g/mol. The summed E-state index contributed by atoms with van der Waals surface area (Å²) < 4.78 is 12.6. The summed E-state index contributed by atoms with van der Waals surface area (Å²) in [6.07, 6.45) is 0.610. The minimum absolute atomic E-state index is 0.126. The summed E-state index contributed by atoms with van der Waals surface area (Å²) in [5.74, 6) is 1.16. The van der Waals surface area contributed by atoms with Crippen molar-refractivity contribution in [1.29, 1.82) is 0 Å². The van der Waals surface area contributed by atoms with E-state index < -0.39 is 0 Å². The predicted molar refractivity (Wildman–Crippen MR) is 132 cm³/mol. The number of rotatable bonds is 10. The average molecular weight is 475 g/mol. The molecule has 0 aliphatic heterocycles. The molecule has 8 heteroatoms. The van der Waals surface area contributed by atoms with Gasteiger partial charge in [0.25, 0.3) is 0 Å². The summed E-state index contributed by atoms with van der Waals surface area (Å²) in [4.78, 5) is 11.7. The number of nitrogens with two attached hydrogens (primary N) is 1. The number of esters is 1. The molecule has 0 spiro atoms. The Morgan fingerprint density at radius 1 is 0.941 bits per heavy atom. The standard InChI is InChI=1S/C26H26N4O3S/c1-32-24(31)18-34-26-29-28-25(23(27)16-19-8-4-2-5-9-19)30(26)21-12-14-22(15-13-21)33-17-20-10-6-3-7-11-20/h2-15,23H,16-18,27H2,1H3/t23-/m0/s1. The van der Waals surface area contributed by atoms with E-state index in [1.54, 1.807) is 0 Å². The predicted octanol–water partition coefficient (Wildman–Crippen LogP) is 4.35. The number of nitrogens with zero attached hydrogens (tertiary/aromatic N) is 3. The smallest absolute Gasteiger partial charge is 0.316 e. The average Bonchev–Trinajstić information content (AvgIpc) is 3.31. The maximum atomic E-state index is 11.7. The Hall–Kier alpha value is -3.62. The summed E-state index contributed by atoms with van der Waals surface area (Å²) in [7, 11) is 1.36. The molecule has 4 rings (SSSR count). The second-order valence-corrected chi connectivity index (χ2v) is 8.55. The lowest BCUT2D eigenvalue weighted by Crippen LogP contribution is -2.19. The fraction of sp³-hybridized carbons (Fsp3) is 0.192. The number of aromatic nitrogens is 3. The quantitative estimate of drug-likeness (QED) is 0.270. The van der Waals surface area contributed by atoms with Crippen molar-refractivity contribution in [3.63, 3.8) is 0 Å². The molecule has 0 amide bonds. The molecule has 0 radical (unpaired) electrons. The second kappa shape index (κ2) is 11.5. The number of thioether (sulfide) groups is 1. The van der Waals surface area contributed by atoms with Crippen molar-refractivity contribution in [2.24, 2.45) is 5.73 Å². The molecule has 0 aliphatic carbocycles. The van der Waals surface area contributed by atoms with Crippen molar-refractivity contribution in [2.75, 3.05) is 12.9 Å². The second-order valence-electron chi connectivity index (χ2n) is 7.61. The molecule has 1 aromatic heterocycles. The van der Waals surface area contributed by atoms with E-state index >= 15 is 0 Å². The highest BCUT2D eigenvalue weighted by Gasteiger charge is 2.21. The minimum Gasteiger partial charge on any atom is -0.489 e. The van der Waals surface area contributed by atoms with Crippen molar-refractivity contribution in [1.82, 2.24) is 14.8 Å². The lowest BCUT2D eigenvalue weighted by molar-refractivity contribution is -0.137. The van der Waals surface area contributed by atoms with Crippen LogP contribution in [0.15, 0.2) is 90.1 Å². The number of hydrogen-bond donors (Lipinski definition) is 1. The van der Waals surface area contributed by atoms with Crippen molar-refractivity contribution < 1.29 is 14.3 Å². The van der Waals surface area contributed by atoms with E-state index in [4.69, 9.17) is 15.2 Å². The number of methoxy groups -OCH3 is 1. The Bertz CT molecular complexity index is 1200. The Balaban J connectivity index is 1.57. The molecular weight excluding hydrogens is 448 g/mol. The summed E-state index contributed by atoms with van der Waals surface area (Å²) in [5, 5.41) is 9.26. The molecule has 34 heavy (non-hydrogen) atoms. The fourth-order valence-corrected chi connectivity index (χ4v) is 4.22. The molecule has 0 fully saturated rings. The molecule has 4 aromatic rings. The minimum atomic E-state index is -0.378. The lowest BCUT2D eigenvalue weighted by Gasteiger charge is -2.15. The van der Waals surface area contributed by atoms with Gasteiger partial charge < -0.3 is 15.2 Å². The van der Waals surface area contributed by atoms with E-state index in [9.17, 15) is 4.79 Å². The number of carbonyl (C=O) groups is 1. The van der Waals surface area contributed by atoms with Crippen LogP contribution in [0.4, 0.5) is 0 Å². The molecule has 0 saturated carbocycles. The SMILES string of the molecule is COC(=O)CSc1nnc([C@@H](N)Cc2ccccc2)n1-c1ccc(OCc2ccccc2)cc1. The first kappa shape index (κ1) is 23.5. The van der Waals surface area contributed by atoms with Crippen molar-refractivity contribution in [2.45, 2.75) is 24.2 Å². The maximum Gasteiger partial charge on any atom is 0.316 e. The van der Waals surface area contributed by atoms with Crippen LogP contribution in [0.25, 0.3) is 5.69 Å². The molecule has 0 saturated heterocycles. The van der Waals surface area contributed by atoms with Crippen LogP contribution in [0, 0.1) is 0 Å². The van der Waals surface area contributed by atoms with Crippen LogP contribution in [0.3, 0.4) is 0 Å². The highest BCUT2D eigenvalue weighted by molar-refractivity contribution is 7.99. The van der Waals surface area contributed by atoms with E-state index in [1.807, 2.05) is 89.5 Å². The van der Waals surface area contributed by atoms with Gasteiger partial charge in [0.1, 0.15) is 12.4 Å². The lowest BCUT2D eigenvalue weighted by atomic mass is 10.1. The first-order chi connectivity index (χ1) is 16.6. The topological polar surface area (TPSA) is 92.3 Å². The van der Waals surface area contributed by atoms with Crippen LogP contribution in [0.2, 0.25) is 0 Å². The van der Waals surface area contributed by atoms with Gasteiger partial charge in [-0.2, -0.15) is 0 Å². The van der Waals surface area contributed by atoms with Gasteiger partial charge in [-0.1, -0.05) is 72.4 Å². The van der Waals surface area contributed by atoms with E-state index in [2.05, 4.69) is 10.2 Å². The van der Waals surface area contributed by atoms with Gasteiger partial charge in [0.2, 0.25) is 0 Å². The molecule has 2 N–H and O–H groups in total. The number of hydrogen-bond acceptors (Lipinski definition) is 7. The van der Waals surface area contributed by atoms with Gasteiger partial charge >= 0.3 is 5.97 Å². The Labute approximate surface area is 202 Å². The Kier molecular flexibility index (Phi) is 7.95. The third-order valence-electron chi connectivity index (χ3n) is 5.18. The van der Waals surface area contributed by atoms with E-state index in [1.165, 1.54) is 18.9 Å². The molecule has 0 bridgehead atoms. The van der Waals surface area contributed by atoms with Gasteiger partial charge in [0.15, 0.2) is 11.0 Å². The maximum absolute atomic E-state index is 11.7. The molecular formula is C26H26N4O3S. The van der Waals surface area contributed by atoms with Crippen LogP contribution in [-0.4, -0.2) is 33.6 Å². The molecule has 174 valence electrons. The molecule has 1 atom stereocenters. The van der Waals surface area contributed by atoms with Gasteiger partial charge in [-0.05, 0) is 41.8 Å². The highest BCUT2D eigenvalue weighted by Crippen LogP contribution is 2.27. The molecule has 7 nitrogen and oxygen atoms in total. The summed E-state index contributed by atoms with van der Waals surface area (Å²) in [6, 6.07) is 27.3. The summed E-state index contributed by atoms with van der Waals surface area (Å²) in [6.45, 7) is 0.486. The molecule has 1 heterocycles. The van der Waals surface area contributed by atoms with Crippen LogP contribution < -0.4 is 10.5 Å². The normalized spacial score (nSPS) is 11.7. The zero-order chi connectivity index (χ0) is 23.8. The third-order valence-corrected chi connectivity index (χ3v) is 6.08. The number of benzene rings is 3. The van der Waals surface area contributed by atoms with Gasteiger partial charge in [0, 0.05) is 5.69 Å². The fourth-order valence-electron chi connectivity index (χ4n) is 3.43. The molecule has 3 aromatic carbocycles. The number of ether oxygens (including phenoxy) is 2. The molecule has 0 aliphatic rings. The largest absolute Gasteiger partial charge is 0.489 e.